The third-order valence-electron chi connectivity index (χ3n) is 2.13. The van der Waals surface area contributed by atoms with Crippen molar-refractivity contribution < 1.29 is 9.84 Å². The van der Waals surface area contributed by atoms with Crippen LogP contribution in [0.15, 0.2) is 0 Å². The smallest absolute Gasteiger partial charge is 0.0745 e. The van der Waals surface area contributed by atoms with E-state index in [0.717, 1.165) is 0 Å². The van der Waals surface area contributed by atoms with E-state index in [4.69, 9.17) is 9.84 Å². The number of ether oxygens (including phenoxy) is 1. The van der Waals surface area contributed by atoms with Gasteiger partial charge in [-0.15, -0.1) is 0 Å². The van der Waals surface area contributed by atoms with Crippen molar-refractivity contribution in [1.29, 1.82) is 0 Å². The van der Waals surface area contributed by atoms with Crippen LogP contribution in [-0.2, 0) is 4.74 Å². The van der Waals surface area contributed by atoms with Crippen LogP contribution in [0.25, 0.3) is 0 Å². The van der Waals surface area contributed by atoms with Gasteiger partial charge in [-0.1, -0.05) is 19.3 Å². The third-order valence-corrected chi connectivity index (χ3v) is 2.13. The highest BCUT2D eigenvalue weighted by molar-refractivity contribution is 4.65. The van der Waals surface area contributed by atoms with Crippen molar-refractivity contribution in [3.63, 3.8) is 0 Å². The first kappa shape index (κ1) is 9.01. The van der Waals surface area contributed by atoms with Crippen LogP contribution in [0.4, 0.5) is 0 Å². The number of hydrogen-bond acceptors (Lipinski definition) is 2. The lowest BCUT2D eigenvalue weighted by Crippen LogP contribution is -2.21. The number of aliphatic hydroxyl groups excluding tert-OH is 1. The van der Waals surface area contributed by atoms with Gasteiger partial charge in [0.05, 0.1) is 18.8 Å². The largest absolute Gasteiger partial charge is 0.391 e. The Bertz CT molecular complexity index is 95.7. The fourth-order valence-electron chi connectivity index (χ4n) is 1.51. The molecule has 0 spiro atoms. The Morgan fingerprint density at radius 1 is 1.36 bits per heavy atom. The van der Waals surface area contributed by atoms with Crippen LogP contribution in [0.5, 0.6) is 0 Å². The highest BCUT2D eigenvalue weighted by Crippen LogP contribution is 2.20. The first-order valence-electron chi connectivity index (χ1n) is 4.58. The zero-order chi connectivity index (χ0) is 8.10. The number of aliphatic hydroxyl groups is 1. The van der Waals surface area contributed by atoms with E-state index in [2.05, 4.69) is 0 Å². The van der Waals surface area contributed by atoms with E-state index in [0.29, 0.717) is 12.7 Å². The van der Waals surface area contributed by atoms with Crippen LogP contribution >= 0.6 is 0 Å². The minimum absolute atomic E-state index is 0.308. The molecule has 0 aliphatic heterocycles. The highest BCUT2D eigenvalue weighted by atomic mass is 16.5. The van der Waals surface area contributed by atoms with E-state index in [9.17, 15) is 0 Å². The molecule has 0 bridgehead atoms. The summed E-state index contributed by atoms with van der Waals surface area (Å²) in [5.41, 5.74) is 0. The average molecular weight is 158 g/mol. The van der Waals surface area contributed by atoms with Gasteiger partial charge in [-0.2, -0.15) is 0 Å². The Kier molecular flexibility index (Phi) is 3.87. The molecular formula is C9H18O2. The standard InChI is InChI=1S/C9H18O2/c1-8(10)7-11-9-5-3-2-4-6-9/h8-10H,2-7H2,1H3/t8-/m0/s1. The molecule has 1 atom stereocenters. The minimum atomic E-state index is -0.308. The van der Waals surface area contributed by atoms with Gasteiger partial charge in [0.25, 0.3) is 0 Å². The van der Waals surface area contributed by atoms with Crippen molar-refractivity contribution in [2.24, 2.45) is 0 Å². The molecule has 0 amide bonds. The SMILES string of the molecule is C[C@H](O)COC1CCCCC1. The summed E-state index contributed by atoms with van der Waals surface area (Å²) >= 11 is 0. The maximum atomic E-state index is 8.96. The van der Waals surface area contributed by atoms with E-state index in [1.54, 1.807) is 6.92 Å². The van der Waals surface area contributed by atoms with Crippen molar-refractivity contribution in [3.05, 3.63) is 0 Å². The molecule has 0 aromatic carbocycles. The van der Waals surface area contributed by atoms with Crippen molar-refractivity contribution >= 4 is 0 Å². The minimum Gasteiger partial charge on any atom is -0.391 e. The van der Waals surface area contributed by atoms with Crippen LogP contribution in [0.1, 0.15) is 39.0 Å². The number of rotatable bonds is 3. The molecule has 1 rings (SSSR count). The lowest BCUT2D eigenvalue weighted by Gasteiger charge is -2.22. The third kappa shape index (κ3) is 3.73. The van der Waals surface area contributed by atoms with Gasteiger partial charge in [-0.05, 0) is 19.8 Å². The molecule has 2 heteroatoms. The zero-order valence-electron chi connectivity index (χ0n) is 7.25. The Labute approximate surface area is 68.6 Å². The molecule has 66 valence electrons. The molecule has 0 radical (unpaired) electrons. The summed E-state index contributed by atoms with van der Waals surface area (Å²) < 4.78 is 5.49. The van der Waals surface area contributed by atoms with E-state index in [-0.39, 0.29) is 6.10 Å². The molecule has 1 fully saturated rings. The van der Waals surface area contributed by atoms with Gasteiger partial charge in [-0.25, -0.2) is 0 Å². The fourth-order valence-corrected chi connectivity index (χ4v) is 1.51. The van der Waals surface area contributed by atoms with E-state index in [1.165, 1.54) is 32.1 Å². The Hall–Kier alpha value is -0.0800. The van der Waals surface area contributed by atoms with Gasteiger partial charge >= 0.3 is 0 Å². The van der Waals surface area contributed by atoms with Crippen molar-refractivity contribution in [2.45, 2.75) is 51.2 Å². The molecule has 0 heterocycles. The molecule has 1 saturated carbocycles. The Morgan fingerprint density at radius 2 is 2.00 bits per heavy atom. The Balaban J connectivity index is 2.05. The summed E-state index contributed by atoms with van der Waals surface area (Å²) in [7, 11) is 0. The second-order valence-corrected chi connectivity index (χ2v) is 3.44. The van der Waals surface area contributed by atoms with Crippen LogP contribution in [0.2, 0.25) is 0 Å². The summed E-state index contributed by atoms with van der Waals surface area (Å²) in [6.07, 6.45) is 6.44. The summed E-state index contributed by atoms with van der Waals surface area (Å²) in [6.45, 7) is 2.27. The molecule has 1 N–H and O–H groups in total. The molecule has 1 aliphatic carbocycles. The molecule has 0 saturated heterocycles. The monoisotopic (exact) mass is 158 g/mol. The van der Waals surface area contributed by atoms with Crippen LogP contribution in [0, 0.1) is 0 Å². The van der Waals surface area contributed by atoms with E-state index in [1.807, 2.05) is 0 Å². The van der Waals surface area contributed by atoms with Gasteiger partial charge in [0, 0.05) is 0 Å². The summed E-state index contributed by atoms with van der Waals surface area (Å²) in [4.78, 5) is 0. The second kappa shape index (κ2) is 4.73. The Morgan fingerprint density at radius 3 is 2.55 bits per heavy atom. The predicted molar refractivity (Wildman–Crippen MR) is 44.5 cm³/mol. The maximum Gasteiger partial charge on any atom is 0.0745 e. The summed E-state index contributed by atoms with van der Waals surface area (Å²) in [5, 5.41) is 8.96. The highest BCUT2D eigenvalue weighted by Gasteiger charge is 2.13. The summed E-state index contributed by atoms with van der Waals surface area (Å²) in [6, 6.07) is 0. The molecule has 1 aliphatic rings. The second-order valence-electron chi connectivity index (χ2n) is 3.44. The topological polar surface area (TPSA) is 29.5 Å². The van der Waals surface area contributed by atoms with Crippen LogP contribution in [-0.4, -0.2) is 23.9 Å². The average Bonchev–Trinajstić information content (AvgIpc) is 2.03. The fraction of sp³-hybridized carbons (Fsp3) is 1.00. The van der Waals surface area contributed by atoms with Gasteiger partial charge < -0.3 is 9.84 Å². The first-order chi connectivity index (χ1) is 5.29. The molecule has 11 heavy (non-hydrogen) atoms. The van der Waals surface area contributed by atoms with Crippen molar-refractivity contribution in [2.75, 3.05) is 6.61 Å². The molecule has 0 aromatic rings. The van der Waals surface area contributed by atoms with Crippen molar-refractivity contribution in [1.82, 2.24) is 0 Å². The van der Waals surface area contributed by atoms with Gasteiger partial charge in [0.15, 0.2) is 0 Å². The first-order valence-corrected chi connectivity index (χ1v) is 4.58. The van der Waals surface area contributed by atoms with Crippen LogP contribution in [0.3, 0.4) is 0 Å². The lowest BCUT2D eigenvalue weighted by molar-refractivity contribution is -0.0179. The molecule has 2 nitrogen and oxygen atoms in total. The van der Waals surface area contributed by atoms with E-state index < -0.39 is 0 Å². The van der Waals surface area contributed by atoms with Crippen LogP contribution < -0.4 is 0 Å². The number of hydrogen-bond donors (Lipinski definition) is 1. The maximum absolute atomic E-state index is 8.96. The quantitative estimate of drug-likeness (QED) is 0.677. The van der Waals surface area contributed by atoms with Gasteiger partial charge in [0.1, 0.15) is 0 Å². The zero-order valence-corrected chi connectivity index (χ0v) is 7.25. The molecule has 0 unspecified atom stereocenters. The van der Waals surface area contributed by atoms with Gasteiger partial charge in [0.2, 0.25) is 0 Å². The predicted octanol–water partition coefficient (Wildman–Crippen LogP) is 1.72. The van der Waals surface area contributed by atoms with Crippen molar-refractivity contribution in [3.8, 4) is 0 Å². The summed E-state index contributed by atoms with van der Waals surface area (Å²) in [5.74, 6) is 0. The lowest BCUT2D eigenvalue weighted by atomic mass is 9.98. The molecule has 0 aromatic heterocycles. The van der Waals surface area contributed by atoms with Gasteiger partial charge in [-0.3, -0.25) is 0 Å². The normalized spacial score (nSPS) is 23.5. The van der Waals surface area contributed by atoms with E-state index >= 15 is 0 Å². The molecular weight excluding hydrogens is 140 g/mol.